The SMILES string of the molecule is Cc1ncsc1-c1ccc(C(C)NC(=O)C2CCCN2C(=O)C(NC(=O)CN2CCC(O)(c3ccc(-c4cc(-c5ccccc5O)nnc4N)cc3)CC2)C(C)(C)C)cc1. The van der Waals surface area contributed by atoms with Crippen molar-refractivity contribution < 1.29 is 24.6 Å². The number of nitrogens with two attached hydrogens (primary N) is 1. The van der Waals surface area contributed by atoms with Gasteiger partial charge in [0.15, 0.2) is 5.82 Å². The van der Waals surface area contributed by atoms with Crippen molar-refractivity contribution in [3.8, 4) is 38.6 Å². The highest BCUT2D eigenvalue weighted by molar-refractivity contribution is 7.13. The quantitative estimate of drug-likeness (QED) is 0.102. The first-order chi connectivity index (χ1) is 28.6. The van der Waals surface area contributed by atoms with Gasteiger partial charge in [-0.1, -0.05) is 81.4 Å². The molecule has 2 saturated heterocycles. The molecule has 2 aromatic heterocycles. The van der Waals surface area contributed by atoms with E-state index in [1.807, 2.05) is 99.6 Å². The van der Waals surface area contributed by atoms with E-state index in [0.717, 1.165) is 32.8 Å². The molecule has 0 bridgehead atoms. The number of hydrogen-bond donors (Lipinski definition) is 5. The Morgan fingerprint density at radius 2 is 1.62 bits per heavy atom. The predicted molar refractivity (Wildman–Crippen MR) is 234 cm³/mol. The number of phenolic OH excluding ortho intramolecular Hbond substituents is 1. The molecule has 3 aromatic carbocycles. The molecule has 6 N–H and O–H groups in total. The molecule has 3 amide bonds. The molecular weight excluding hydrogens is 777 g/mol. The Morgan fingerprint density at radius 3 is 2.27 bits per heavy atom. The minimum absolute atomic E-state index is 0.0747. The number of thiazole rings is 1. The van der Waals surface area contributed by atoms with Crippen molar-refractivity contribution in [2.45, 2.75) is 84.0 Å². The molecule has 60 heavy (non-hydrogen) atoms. The lowest BCUT2D eigenvalue weighted by Crippen LogP contribution is -2.59. The minimum Gasteiger partial charge on any atom is -0.507 e. The number of hydrogen-bond acceptors (Lipinski definition) is 11. The second kappa shape index (κ2) is 17.5. The normalized spacial score (nSPS) is 17.8. The summed E-state index contributed by atoms with van der Waals surface area (Å²) < 4.78 is 0. The Morgan fingerprint density at radius 1 is 0.933 bits per heavy atom. The van der Waals surface area contributed by atoms with Gasteiger partial charge >= 0.3 is 0 Å². The number of benzene rings is 3. The van der Waals surface area contributed by atoms with Gasteiger partial charge in [-0.3, -0.25) is 19.3 Å². The van der Waals surface area contributed by atoms with Gasteiger partial charge in [-0.25, -0.2) is 4.98 Å². The van der Waals surface area contributed by atoms with Crippen LogP contribution in [-0.4, -0.2) is 91.2 Å². The number of para-hydroxylation sites is 1. The van der Waals surface area contributed by atoms with Crippen LogP contribution < -0.4 is 16.4 Å². The Labute approximate surface area is 355 Å². The van der Waals surface area contributed by atoms with Crippen molar-refractivity contribution in [1.29, 1.82) is 0 Å². The van der Waals surface area contributed by atoms with E-state index in [2.05, 4.69) is 25.8 Å². The van der Waals surface area contributed by atoms with Crippen LogP contribution in [0.4, 0.5) is 5.82 Å². The fourth-order valence-corrected chi connectivity index (χ4v) is 9.02. The minimum atomic E-state index is -1.09. The van der Waals surface area contributed by atoms with E-state index in [1.165, 1.54) is 0 Å². The van der Waals surface area contributed by atoms with Crippen molar-refractivity contribution in [3.05, 3.63) is 101 Å². The average molecular weight is 831 g/mol. The molecule has 3 atom stereocenters. The smallest absolute Gasteiger partial charge is 0.246 e. The van der Waals surface area contributed by atoms with Crippen LogP contribution in [0.2, 0.25) is 0 Å². The zero-order valence-corrected chi connectivity index (χ0v) is 35.6. The van der Waals surface area contributed by atoms with E-state index < -0.39 is 23.1 Å². The number of piperidine rings is 1. The predicted octanol–water partition coefficient (Wildman–Crippen LogP) is 6.21. The van der Waals surface area contributed by atoms with E-state index in [1.54, 1.807) is 40.5 Å². The van der Waals surface area contributed by atoms with Crippen LogP contribution in [0.3, 0.4) is 0 Å². The van der Waals surface area contributed by atoms with Crippen LogP contribution in [0.5, 0.6) is 5.75 Å². The largest absolute Gasteiger partial charge is 0.507 e. The van der Waals surface area contributed by atoms with E-state index in [0.29, 0.717) is 62.1 Å². The van der Waals surface area contributed by atoms with Crippen LogP contribution in [0.1, 0.15) is 76.2 Å². The Balaban J connectivity index is 0.935. The summed E-state index contributed by atoms with van der Waals surface area (Å²) in [6, 6.07) is 22.6. The molecule has 4 heterocycles. The standard InChI is InChI=1S/C46H54N8O5S/c1-28(30-12-14-32(15-13-30)40-29(2)48-27-60-40)49-43(57)37-10-8-22-54(37)44(58)41(45(3,4)5)50-39(56)26-53-23-20-46(59,21-24-53)33-18-16-31(17-19-33)35-25-36(51-52-42(35)47)34-9-6-7-11-38(34)55/h6-7,9,11-19,25,27-28,37,41,55,59H,8,10,20-24,26H2,1-5H3,(H2,47,52)(H,49,57)(H,50,56). The number of rotatable bonds is 11. The first-order valence-electron chi connectivity index (χ1n) is 20.5. The molecule has 314 valence electrons. The van der Waals surface area contributed by atoms with Crippen molar-refractivity contribution in [2.24, 2.45) is 5.41 Å². The summed E-state index contributed by atoms with van der Waals surface area (Å²) in [5.41, 5.74) is 12.6. The first-order valence-corrected chi connectivity index (χ1v) is 21.4. The van der Waals surface area contributed by atoms with Crippen molar-refractivity contribution in [3.63, 3.8) is 0 Å². The fraction of sp³-hybridized carbons (Fsp3) is 0.391. The molecule has 3 unspecified atom stereocenters. The van der Waals surface area contributed by atoms with E-state index >= 15 is 0 Å². The number of likely N-dealkylation sites (tertiary alicyclic amines) is 2. The summed E-state index contributed by atoms with van der Waals surface area (Å²) in [5, 5.41) is 36.5. The number of carbonyl (C=O) groups is 3. The lowest BCUT2D eigenvalue weighted by molar-refractivity contribution is -0.144. The number of aromatic nitrogens is 3. The molecule has 0 aliphatic carbocycles. The van der Waals surface area contributed by atoms with Gasteiger partial charge in [0, 0.05) is 30.8 Å². The van der Waals surface area contributed by atoms with Gasteiger partial charge in [0.05, 0.1) is 40.0 Å². The Bertz CT molecular complexity index is 2330. The van der Waals surface area contributed by atoms with Crippen LogP contribution in [0.25, 0.3) is 32.8 Å². The Kier molecular flexibility index (Phi) is 12.4. The maximum atomic E-state index is 14.2. The van der Waals surface area contributed by atoms with E-state index in [4.69, 9.17) is 5.73 Å². The van der Waals surface area contributed by atoms with Gasteiger partial charge in [-0.2, -0.15) is 0 Å². The van der Waals surface area contributed by atoms with Crippen LogP contribution in [0.15, 0.2) is 84.4 Å². The van der Waals surface area contributed by atoms with Crippen LogP contribution in [-0.2, 0) is 20.0 Å². The lowest BCUT2D eigenvalue weighted by Gasteiger charge is -2.39. The van der Waals surface area contributed by atoms with Gasteiger partial charge in [0.25, 0.3) is 0 Å². The number of carbonyl (C=O) groups excluding carboxylic acids is 3. The number of nitrogens with zero attached hydrogens (tertiary/aromatic N) is 5. The number of amides is 3. The number of phenols is 1. The summed E-state index contributed by atoms with van der Waals surface area (Å²) >= 11 is 1.60. The summed E-state index contributed by atoms with van der Waals surface area (Å²) in [5.74, 6) is -0.409. The maximum Gasteiger partial charge on any atom is 0.246 e. The molecule has 0 saturated carbocycles. The molecule has 7 rings (SSSR count). The molecular formula is C46H54N8O5S. The third kappa shape index (κ3) is 9.20. The molecule has 2 aliphatic heterocycles. The maximum absolute atomic E-state index is 14.2. The highest BCUT2D eigenvalue weighted by Gasteiger charge is 2.42. The number of anilines is 1. The van der Waals surface area contributed by atoms with Gasteiger partial charge in [-0.15, -0.1) is 21.5 Å². The van der Waals surface area contributed by atoms with Crippen molar-refractivity contribution >= 4 is 34.9 Å². The van der Waals surface area contributed by atoms with Gasteiger partial charge < -0.3 is 31.5 Å². The lowest BCUT2D eigenvalue weighted by atomic mass is 9.83. The number of aliphatic hydroxyl groups is 1. The molecule has 14 heteroatoms. The second-order valence-corrected chi connectivity index (χ2v) is 18.0. The third-order valence-electron chi connectivity index (χ3n) is 11.8. The average Bonchev–Trinajstić information content (AvgIpc) is 3.91. The third-order valence-corrected chi connectivity index (χ3v) is 12.8. The van der Waals surface area contributed by atoms with Gasteiger partial charge in [-0.05, 0) is 85.4 Å². The summed E-state index contributed by atoms with van der Waals surface area (Å²) in [4.78, 5) is 50.5. The van der Waals surface area contributed by atoms with E-state index in [9.17, 15) is 24.6 Å². The number of nitrogens with one attached hydrogen (secondary N) is 2. The molecule has 2 aliphatic rings. The second-order valence-electron chi connectivity index (χ2n) is 17.1. The zero-order valence-electron chi connectivity index (χ0n) is 34.8. The van der Waals surface area contributed by atoms with Gasteiger partial charge in [0.1, 0.15) is 17.8 Å². The molecule has 0 radical (unpaired) electrons. The van der Waals surface area contributed by atoms with E-state index in [-0.39, 0.29) is 41.9 Å². The zero-order chi connectivity index (χ0) is 42.8. The number of nitrogen functional groups attached to an aromatic ring is 1. The molecule has 2 fully saturated rings. The topological polar surface area (TPSA) is 187 Å². The summed E-state index contributed by atoms with van der Waals surface area (Å²) in [7, 11) is 0. The summed E-state index contributed by atoms with van der Waals surface area (Å²) in [6.45, 7) is 11.1. The first kappa shape index (κ1) is 42.4. The number of aromatic hydroxyl groups is 1. The highest BCUT2D eigenvalue weighted by atomic mass is 32.1. The van der Waals surface area contributed by atoms with Gasteiger partial charge in [0.2, 0.25) is 17.7 Å². The Hall–Kier alpha value is -5.70. The molecule has 0 spiro atoms. The van der Waals surface area contributed by atoms with Crippen LogP contribution in [0, 0.1) is 12.3 Å². The van der Waals surface area contributed by atoms with Crippen molar-refractivity contribution in [1.82, 2.24) is 35.6 Å². The highest BCUT2D eigenvalue weighted by Crippen LogP contribution is 2.37. The fourth-order valence-electron chi connectivity index (χ4n) is 8.21. The molecule has 5 aromatic rings. The molecule has 13 nitrogen and oxygen atoms in total. The number of aryl methyl sites for hydroxylation is 1. The van der Waals surface area contributed by atoms with Crippen molar-refractivity contribution in [2.75, 3.05) is 31.9 Å². The monoisotopic (exact) mass is 830 g/mol. The van der Waals surface area contributed by atoms with Crippen LogP contribution >= 0.6 is 11.3 Å². The summed E-state index contributed by atoms with van der Waals surface area (Å²) in [6.07, 6.45) is 2.07.